The maximum Gasteiger partial charge on any atom is 0.161 e. The molecule has 6 heteroatoms. The first-order valence-corrected chi connectivity index (χ1v) is 9.40. The summed E-state index contributed by atoms with van der Waals surface area (Å²) < 4.78 is 23.2. The van der Waals surface area contributed by atoms with Gasteiger partial charge >= 0.3 is 0 Å². The van der Waals surface area contributed by atoms with Crippen molar-refractivity contribution in [2.75, 3.05) is 34.5 Å². The summed E-state index contributed by atoms with van der Waals surface area (Å²) in [7, 11) is 5.00. The lowest BCUT2D eigenvalue weighted by Gasteiger charge is -2.30. The van der Waals surface area contributed by atoms with E-state index in [-0.39, 0.29) is 6.04 Å². The minimum atomic E-state index is 0.000943. The van der Waals surface area contributed by atoms with Crippen molar-refractivity contribution in [2.24, 2.45) is 0 Å². The maximum absolute atomic E-state index is 5.78. The Morgan fingerprint density at radius 3 is 2.31 bits per heavy atom. The topological polar surface area (TPSA) is 49.0 Å². The van der Waals surface area contributed by atoms with E-state index in [4.69, 9.17) is 18.9 Å². The number of hydrogen-bond acceptors (Lipinski definition) is 5. The van der Waals surface area contributed by atoms with Crippen LogP contribution in [-0.2, 0) is 6.42 Å². The minimum Gasteiger partial charge on any atom is -0.496 e. The fourth-order valence-corrected chi connectivity index (χ4v) is 3.90. The van der Waals surface area contributed by atoms with Crippen LogP contribution < -0.4 is 24.3 Å². The fraction of sp³-hybridized carbons (Fsp3) is 0.400. The predicted molar refractivity (Wildman–Crippen MR) is 105 cm³/mol. The summed E-state index contributed by atoms with van der Waals surface area (Å²) in [5.74, 6) is 3.05. The molecule has 0 radical (unpaired) electrons. The molecule has 1 N–H and O–H groups in total. The summed E-state index contributed by atoms with van der Waals surface area (Å²) in [6, 6.07) is 8.11. The molecule has 0 amide bonds. The van der Waals surface area contributed by atoms with Gasteiger partial charge in [-0.3, -0.25) is 0 Å². The molecule has 0 fully saturated rings. The number of ether oxygens (including phenoxy) is 4. The Labute approximate surface area is 162 Å². The van der Waals surface area contributed by atoms with E-state index in [9.17, 15) is 0 Å². The highest BCUT2D eigenvalue weighted by atomic mass is 79.9. The number of methoxy groups -OCH3 is 3. The molecule has 0 saturated heterocycles. The summed E-state index contributed by atoms with van der Waals surface area (Å²) in [4.78, 5) is 0. The zero-order chi connectivity index (χ0) is 18.7. The second-order valence-corrected chi connectivity index (χ2v) is 6.86. The fourth-order valence-electron chi connectivity index (χ4n) is 3.38. The molecular formula is C20H24BrNO4. The molecule has 1 heterocycles. The Bertz CT molecular complexity index is 794. The first-order valence-electron chi connectivity index (χ1n) is 8.61. The highest BCUT2D eigenvalue weighted by Crippen LogP contribution is 2.42. The van der Waals surface area contributed by atoms with Crippen molar-refractivity contribution in [2.45, 2.75) is 19.4 Å². The van der Waals surface area contributed by atoms with E-state index in [0.29, 0.717) is 6.61 Å². The van der Waals surface area contributed by atoms with Crippen molar-refractivity contribution in [3.63, 3.8) is 0 Å². The van der Waals surface area contributed by atoms with Crippen LogP contribution in [0.1, 0.15) is 29.7 Å². The van der Waals surface area contributed by atoms with Gasteiger partial charge in [0.05, 0.1) is 38.5 Å². The van der Waals surface area contributed by atoms with Gasteiger partial charge in [0.15, 0.2) is 11.5 Å². The molecule has 1 aliphatic rings. The molecule has 1 aliphatic heterocycles. The standard InChI is InChI=1S/C20H24BrNO4/c1-5-26-19-10-13-12(8-18(19)25-4)6-7-22-20(13)14-9-15(21)17(24-3)11-16(14)23-2/h8-11,20,22H,5-7H2,1-4H3. The molecule has 1 atom stereocenters. The Hall–Kier alpha value is -1.92. The van der Waals surface area contributed by atoms with E-state index in [1.54, 1.807) is 21.3 Å². The summed E-state index contributed by atoms with van der Waals surface area (Å²) in [6.45, 7) is 3.44. The number of rotatable bonds is 6. The van der Waals surface area contributed by atoms with Crippen molar-refractivity contribution in [3.8, 4) is 23.0 Å². The normalized spacial score (nSPS) is 16.0. The van der Waals surface area contributed by atoms with Crippen LogP contribution in [0.5, 0.6) is 23.0 Å². The Kier molecular flexibility index (Phi) is 5.94. The smallest absolute Gasteiger partial charge is 0.161 e. The van der Waals surface area contributed by atoms with Gasteiger partial charge in [0.1, 0.15) is 11.5 Å². The predicted octanol–water partition coefficient (Wildman–Crippen LogP) is 4.11. The van der Waals surface area contributed by atoms with Crippen LogP contribution >= 0.6 is 15.9 Å². The number of nitrogens with one attached hydrogen (secondary N) is 1. The van der Waals surface area contributed by atoms with Crippen molar-refractivity contribution in [3.05, 3.63) is 45.4 Å². The number of fused-ring (bicyclic) bond motifs is 1. The lowest BCUT2D eigenvalue weighted by atomic mass is 9.89. The minimum absolute atomic E-state index is 0.000943. The van der Waals surface area contributed by atoms with E-state index in [1.807, 2.05) is 13.0 Å². The number of halogens is 1. The molecule has 0 aromatic heterocycles. The SMILES string of the molecule is CCOc1cc2c(cc1OC)CCNC2c1cc(Br)c(OC)cc1OC. The maximum atomic E-state index is 5.78. The largest absolute Gasteiger partial charge is 0.496 e. The molecule has 1 unspecified atom stereocenters. The number of benzene rings is 2. The molecular weight excluding hydrogens is 398 g/mol. The zero-order valence-electron chi connectivity index (χ0n) is 15.5. The Balaban J connectivity index is 2.12. The van der Waals surface area contributed by atoms with E-state index < -0.39 is 0 Å². The van der Waals surface area contributed by atoms with Gasteiger partial charge in [-0.1, -0.05) is 0 Å². The molecule has 2 aromatic rings. The molecule has 0 aliphatic carbocycles. The third kappa shape index (κ3) is 3.48. The van der Waals surface area contributed by atoms with E-state index >= 15 is 0 Å². The number of hydrogen-bond donors (Lipinski definition) is 1. The monoisotopic (exact) mass is 421 g/mol. The van der Waals surface area contributed by atoms with Crippen LogP contribution in [0.4, 0.5) is 0 Å². The van der Waals surface area contributed by atoms with Crippen LogP contribution in [0.3, 0.4) is 0 Å². The van der Waals surface area contributed by atoms with Crippen molar-refractivity contribution in [1.29, 1.82) is 0 Å². The average molecular weight is 422 g/mol. The molecule has 0 spiro atoms. The van der Waals surface area contributed by atoms with Crippen molar-refractivity contribution < 1.29 is 18.9 Å². The summed E-state index contributed by atoms with van der Waals surface area (Å²) >= 11 is 3.59. The summed E-state index contributed by atoms with van der Waals surface area (Å²) in [5.41, 5.74) is 3.48. The van der Waals surface area contributed by atoms with Crippen LogP contribution in [-0.4, -0.2) is 34.5 Å². The van der Waals surface area contributed by atoms with Crippen LogP contribution in [0.15, 0.2) is 28.7 Å². The third-order valence-corrected chi connectivity index (χ3v) is 5.21. The molecule has 0 saturated carbocycles. The molecule has 3 rings (SSSR count). The van der Waals surface area contributed by atoms with Crippen LogP contribution in [0.2, 0.25) is 0 Å². The Morgan fingerprint density at radius 2 is 1.65 bits per heavy atom. The second-order valence-electron chi connectivity index (χ2n) is 6.00. The van der Waals surface area contributed by atoms with Gasteiger partial charge < -0.3 is 24.3 Å². The van der Waals surface area contributed by atoms with Gasteiger partial charge in [0, 0.05) is 18.2 Å². The first kappa shape index (κ1) is 18.9. The average Bonchev–Trinajstić information content (AvgIpc) is 2.67. The zero-order valence-corrected chi connectivity index (χ0v) is 17.1. The molecule has 5 nitrogen and oxygen atoms in total. The molecule has 26 heavy (non-hydrogen) atoms. The lowest BCUT2D eigenvalue weighted by Crippen LogP contribution is -2.31. The van der Waals surface area contributed by atoms with E-state index in [1.165, 1.54) is 11.1 Å². The van der Waals surface area contributed by atoms with E-state index in [0.717, 1.165) is 46.0 Å². The van der Waals surface area contributed by atoms with Crippen molar-refractivity contribution in [1.82, 2.24) is 5.32 Å². The van der Waals surface area contributed by atoms with Crippen LogP contribution in [0.25, 0.3) is 0 Å². The highest BCUT2D eigenvalue weighted by Gasteiger charge is 2.27. The lowest BCUT2D eigenvalue weighted by molar-refractivity contribution is 0.309. The van der Waals surface area contributed by atoms with E-state index in [2.05, 4.69) is 39.4 Å². The molecule has 140 valence electrons. The van der Waals surface area contributed by atoms with Crippen LogP contribution in [0, 0.1) is 0 Å². The highest BCUT2D eigenvalue weighted by molar-refractivity contribution is 9.10. The van der Waals surface area contributed by atoms with Crippen molar-refractivity contribution >= 4 is 15.9 Å². The van der Waals surface area contributed by atoms with Gasteiger partial charge in [0.25, 0.3) is 0 Å². The summed E-state index contributed by atoms with van der Waals surface area (Å²) in [5, 5.41) is 3.60. The quantitative estimate of drug-likeness (QED) is 0.760. The first-order chi connectivity index (χ1) is 12.6. The molecule has 2 aromatic carbocycles. The second kappa shape index (κ2) is 8.18. The van der Waals surface area contributed by atoms with Gasteiger partial charge in [-0.2, -0.15) is 0 Å². The third-order valence-electron chi connectivity index (χ3n) is 4.59. The van der Waals surface area contributed by atoms with Gasteiger partial charge in [-0.15, -0.1) is 0 Å². The van der Waals surface area contributed by atoms with Gasteiger partial charge in [-0.25, -0.2) is 0 Å². The Morgan fingerprint density at radius 1 is 0.923 bits per heavy atom. The summed E-state index contributed by atoms with van der Waals surface area (Å²) in [6.07, 6.45) is 0.939. The molecule has 0 bridgehead atoms. The van der Waals surface area contributed by atoms with Gasteiger partial charge in [0.2, 0.25) is 0 Å². The van der Waals surface area contributed by atoms with Gasteiger partial charge in [-0.05, 0) is 58.6 Å².